The summed E-state index contributed by atoms with van der Waals surface area (Å²) in [5, 5.41) is 4.37. The van der Waals surface area contributed by atoms with Gasteiger partial charge in [-0.05, 0) is 30.3 Å². The van der Waals surface area contributed by atoms with E-state index in [2.05, 4.69) is 34.3 Å². The third kappa shape index (κ3) is 5.62. The summed E-state index contributed by atoms with van der Waals surface area (Å²) in [5.41, 5.74) is 1.92. The molecule has 0 N–H and O–H groups in total. The van der Waals surface area contributed by atoms with Crippen molar-refractivity contribution in [3.05, 3.63) is 84.7 Å². The third-order valence-corrected chi connectivity index (χ3v) is 6.14. The smallest absolute Gasteiger partial charge is 0.246 e. The molecule has 2 heterocycles. The molecule has 0 radical (unpaired) electrons. The van der Waals surface area contributed by atoms with E-state index in [-0.39, 0.29) is 5.91 Å². The van der Waals surface area contributed by atoms with Crippen molar-refractivity contribution in [2.45, 2.75) is 4.90 Å². The standard InChI is InChI=1S/C24H26N4OS/c29-24(12-11-21-19-25-28(20-21)22-7-3-1-4-8-22)27-15-13-26(14-16-27)17-18-30-23-9-5-2-6-10-23/h1-12,19-20H,13-18H2/b12-11+. The largest absolute Gasteiger partial charge is 0.337 e. The molecule has 30 heavy (non-hydrogen) atoms. The Hall–Kier alpha value is -2.83. The Morgan fingerprint density at radius 2 is 1.67 bits per heavy atom. The van der Waals surface area contributed by atoms with Gasteiger partial charge in [0.1, 0.15) is 0 Å². The van der Waals surface area contributed by atoms with E-state index in [0.29, 0.717) is 0 Å². The molecule has 0 bridgehead atoms. The number of para-hydroxylation sites is 1. The number of thioether (sulfide) groups is 1. The van der Waals surface area contributed by atoms with Crippen molar-refractivity contribution in [3.8, 4) is 5.69 Å². The molecule has 1 aliphatic heterocycles. The number of carbonyl (C=O) groups excluding carboxylic acids is 1. The van der Waals surface area contributed by atoms with Crippen molar-refractivity contribution in [1.29, 1.82) is 0 Å². The maximum absolute atomic E-state index is 12.5. The maximum atomic E-state index is 12.5. The normalized spacial score (nSPS) is 15.0. The Morgan fingerprint density at radius 1 is 0.967 bits per heavy atom. The summed E-state index contributed by atoms with van der Waals surface area (Å²) in [5.74, 6) is 1.14. The van der Waals surface area contributed by atoms with E-state index in [4.69, 9.17) is 0 Å². The maximum Gasteiger partial charge on any atom is 0.246 e. The second kappa shape index (κ2) is 10.3. The fourth-order valence-corrected chi connectivity index (χ4v) is 4.35. The topological polar surface area (TPSA) is 41.4 Å². The molecule has 5 nitrogen and oxygen atoms in total. The minimum Gasteiger partial charge on any atom is -0.337 e. The molecule has 154 valence electrons. The molecule has 0 aliphatic carbocycles. The van der Waals surface area contributed by atoms with Gasteiger partial charge in [-0.25, -0.2) is 4.68 Å². The first-order chi connectivity index (χ1) is 14.8. The molecular formula is C24H26N4OS. The van der Waals surface area contributed by atoms with E-state index in [0.717, 1.165) is 49.7 Å². The van der Waals surface area contributed by atoms with Gasteiger partial charge in [0.05, 0.1) is 11.9 Å². The second-order valence-electron chi connectivity index (χ2n) is 7.22. The number of aromatic nitrogens is 2. The minimum absolute atomic E-state index is 0.0702. The van der Waals surface area contributed by atoms with Gasteiger partial charge in [-0.3, -0.25) is 9.69 Å². The van der Waals surface area contributed by atoms with E-state index < -0.39 is 0 Å². The quantitative estimate of drug-likeness (QED) is 0.432. The third-order valence-electron chi connectivity index (χ3n) is 5.15. The molecule has 1 aliphatic rings. The second-order valence-corrected chi connectivity index (χ2v) is 8.38. The number of piperazine rings is 1. The van der Waals surface area contributed by atoms with Crippen LogP contribution in [0.2, 0.25) is 0 Å². The molecule has 6 heteroatoms. The van der Waals surface area contributed by atoms with Crippen molar-refractivity contribution in [2.24, 2.45) is 0 Å². The molecule has 1 aromatic heterocycles. The summed E-state index contributed by atoms with van der Waals surface area (Å²) in [6.45, 7) is 4.47. The summed E-state index contributed by atoms with van der Waals surface area (Å²) in [4.78, 5) is 18.2. The van der Waals surface area contributed by atoms with Crippen LogP contribution >= 0.6 is 11.8 Å². The average Bonchev–Trinajstić information content (AvgIpc) is 3.28. The number of hydrogen-bond donors (Lipinski definition) is 0. The first-order valence-electron chi connectivity index (χ1n) is 10.3. The molecule has 0 atom stereocenters. The molecule has 1 fully saturated rings. The van der Waals surface area contributed by atoms with Crippen molar-refractivity contribution in [1.82, 2.24) is 19.6 Å². The summed E-state index contributed by atoms with van der Waals surface area (Å²) < 4.78 is 1.82. The van der Waals surface area contributed by atoms with Gasteiger partial charge < -0.3 is 4.90 Å². The number of amides is 1. The summed E-state index contributed by atoms with van der Waals surface area (Å²) >= 11 is 1.89. The lowest BCUT2D eigenvalue weighted by Crippen LogP contribution is -2.48. The van der Waals surface area contributed by atoms with E-state index in [1.54, 1.807) is 12.3 Å². The number of carbonyl (C=O) groups is 1. The zero-order chi connectivity index (χ0) is 20.6. The Morgan fingerprint density at radius 3 is 2.40 bits per heavy atom. The predicted octanol–water partition coefficient (Wildman–Crippen LogP) is 3.82. The fourth-order valence-electron chi connectivity index (χ4n) is 3.42. The Kier molecular flexibility index (Phi) is 7.00. The van der Waals surface area contributed by atoms with Gasteiger partial charge in [0, 0.05) is 61.2 Å². The van der Waals surface area contributed by atoms with Crippen LogP contribution in [0.15, 0.2) is 84.0 Å². The predicted molar refractivity (Wildman–Crippen MR) is 123 cm³/mol. The average molecular weight is 419 g/mol. The van der Waals surface area contributed by atoms with Crippen molar-refractivity contribution >= 4 is 23.7 Å². The lowest BCUT2D eigenvalue weighted by Gasteiger charge is -2.34. The van der Waals surface area contributed by atoms with Crippen LogP contribution in [0.25, 0.3) is 11.8 Å². The lowest BCUT2D eigenvalue weighted by atomic mass is 10.2. The van der Waals surface area contributed by atoms with Gasteiger partial charge >= 0.3 is 0 Å². The number of nitrogens with zero attached hydrogens (tertiary/aromatic N) is 4. The summed E-state index contributed by atoms with van der Waals surface area (Å²) in [7, 11) is 0. The molecule has 3 aromatic rings. The molecule has 1 amide bonds. The van der Waals surface area contributed by atoms with Crippen LogP contribution in [0.4, 0.5) is 0 Å². The van der Waals surface area contributed by atoms with Gasteiger partial charge in [-0.2, -0.15) is 5.10 Å². The van der Waals surface area contributed by atoms with Crippen LogP contribution < -0.4 is 0 Å². The van der Waals surface area contributed by atoms with Gasteiger partial charge in [-0.1, -0.05) is 36.4 Å². The number of benzene rings is 2. The summed E-state index contributed by atoms with van der Waals surface area (Å²) in [6.07, 6.45) is 7.21. The highest BCUT2D eigenvalue weighted by molar-refractivity contribution is 7.99. The number of hydrogen-bond acceptors (Lipinski definition) is 4. The number of rotatable bonds is 7. The minimum atomic E-state index is 0.0702. The van der Waals surface area contributed by atoms with E-state index in [9.17, 15) is 4.79 Å². The zero-order valence-electron chi connectivity index (χ0n) is 16.9. The van der Waals surface area contributed by atoms with Crippen LogP contribution in [0.3, 0.4) is 0 Å². The first kappa shape index (κ1) is 20.4. The van der Waals surface area contributed by atoms with Gasteiger partial charge in [0.25, 0.3) is 0 Å². The molecule has 4 rings (SSSR count). The molecule has 0 spiro atoms. The van der Waals surface area contributed by atoms with Crippen LogP contribution in [-0.4, -0.2) is 64.0 Å². The van der Waals surface area contributed by atoms with Crippen molar-refractivity contribution in [2.75, 3.05) is 38.5 Å². The Labute approximate surface area is 182 Å². The Bertz CT molecular complexity index is 963. The highest BCUT2D eigenvalue weighted by atomic mass is 32.2. The Balaban J connectivity index is 1.21. The van der Waals surface area contributed by atoms with Gasteiger partial charge in [0.15, 0.2) is 0 Å². The highest BCUT2D eigenvalue weighted by Crippen LogP contribution is 2.17. The molecule has 1 saturated heterocycles. The van der Waals surface area contributed by atoms with Crippen LogP contribution in [0.5, 0.6) is 0 Å². The highest BCUT2D eigenvalue weighted by Gasteiger charge is 2.19. The monoisotopic (exact) mass is 418 g/mol. The van der Waals surface area contributed by atoms with Crippen molar-refractivity contribution < 1.29 is 4.79 Å². The van der Waals surface area contributed by atoms with E-state index >= 15 is 0 Å². The van der Waals surface area contributed by atoms with E-state index in [1.165, 1.54) is 4.90 Å². The molecule has 2 aromatic carbocycles. The van der Waals surface area contributed by atoms with Crippen LogP contribution in [0.1, 0.15) is 5.56 Å². The SMILES string of the molecule is O=C(/C=C/c1cnn(-c2ccccc2)c1)N1CCN(CCSc2ccccc2)CC1. The van der Waals surface area contributed by atoms with E-state index in [1.807, 2.05) is 70.0 Å². The van der Waals surface area contributed by atoms with Crippen molar-refractivity contribution in [3.63, 3.8) is 0 Å². The fraction of sp³-hybridized carbons (Fsp3) is 0.250. The molecular weight excluding hydrogens is 392 g/mol. The summed E-state index contributed by atoms with van der Waals surface area (Å²) in [6, 6.07) is 20.5. The van der Waals surface area contributed by atoms with Crippen LogP contribution in [-0.2, 0) is 4.79 Å². The lowest BCUT2D eigenvalue weighted by molar-refractivity contribution is -0.127. The van der Waals surface area contributed by atoms with Gasteiger partial charge in [-0.15, -0.1) is 11.8 Å². The first-order valence-corrected chi connectivity index (χ1v) is 11.2. The zero-order valence-corrected chi connectivity index (χ0v) is 17.7. The van der Waals surface area contributed by atoms with Crippen LogP contribution in [0, 0.1) is 0 Å². The molecule has 0 unspecified atom stereocenters. The van der Waals surface area contributed by atoms with Gasteiger partial charge in [0.2, 0.25) is 5.91 Å². The molecule has 0 saturated carbocycles.